The SMILES string of the molecule is COC(=O)c1ccc(C=C(C#N)c2nc(-c3ccc4c(c3)OCO4)cs2)cc1. The zero-order valence-electron chi connectivity index (χ0n) is 14.8. The molecule has 0 spiro atoms. The fourth-order valence-electron chi connectivity index (χ4n) is 2.73. The molecule has 28 heavy (non-hydrogen) atoms. The molecule has 0 aliphatic carbocycles. The van der Waals surface area contributed by atoms with Crippen LogP contribution in [0, 0.1) is 11.3 Å². The zero-order valence-corrected chi connectivity index (χ0v) is 15.7. The molecule has 2 aromatic carbocycles. The topological polar surface area (TPSA) is 81.4 Å². The number of benzene rings is 2. The summed E-state index contributed by atoms with van der Waals surface area (Å²) in [5, 5.41) is 12.1. The van der Waals surface area contributed by atoms with Crippen LogP contribution in [-0.2, 0) is 4.74 Å². The summed E-state index contributed by atoms with van der Waals surface area (Å²) in [7, 11) is 1.34. The van der Waals surface area contributed by atoms with E-state index in [0.717, 1.165) is 16.8 Å². The summed E-state index contributed by atoms with van der Waals surface area (Å²) in [6, 6.07) is 14.7. The van der Waals surface area contributed by atoms with Gasteiger partial charge in [0.1, 0.15) is 11.1 Å². The van der Waals surface area contributed by atoms with E-state index in [0.29, 0.717) is 27.6 Å². The van der Waals surface area contributed by atoms with Crippen LogP contribution in [0.5, 0.6) is 11.5 Å². The molecule has 138 valence electrons. The Kier molecular flexibility index (Phi) is 4.79. The number of ether oxygens (including phenoxy) is 3. The average Bonchev–Trinajstić information content (AvgIpc) is 3.40. The van der Waals surface area contributed by atoms with Crippen molar-refractivity contribution in [3.05, 3.63) is 64.0 Å². The minimum Gasteiger partial charge on any atom is -0.465 e. The lowest BCUT2D eigenvalue weighted by Gasteiger charge is -2.00. The molecule has 0 bridgehead atoms. The Morgan fingerprint density at radius 2 is 2.00 bits per heavy atom. The van der Waals surface area contributed by atoms with Crippen LogP contribution in [0.1, 0.15) is 20.9 Å². The van der Waals surface area contributed by atoms with Crippen molar-refractivity contribution >= 4 is 29.0 Å². The van der Waals surface area contributed by atoms with Crippen LogP contribution < -0.4 is 9.47 Å². The van der Waals surface area contributed by atoms with Gasteiger partial charge in [0, 0.05) is 10.9 Å². The molecule has 2 heterocycles. The molecule has 7 heteroatoms. The fourth-order valence-corrected chi connectivity index (χ4v) is 3.52. The van der Waals surface area contributed by atoms with Gasteiger partial charge in [0.2, 0.25) is 6.79 Å². The molecule has 1 aliphatic heterocycles. The van der Waals surface area contributed by atoms with Crippen molar-refractivity contribution in [1.29, 1.82) is 5.26 Å². The largest absolute Gasteiger partial charge is 0.465 e. The monoisotopic (exact) mass is 390 g/mol. The number of carbonyl (C=O) groups is 1. The highest BCUT2D eigenvalue weighted by atomic mass is 32.1. The fraction of sp³-hybridized carbons (Fsp3) is 0.0952. The number of aromatic nitrogens is 1. The van der Waals surface area contributed by atoms with Gasteiger partial charge < -0.3 is 14.2 Å². The molecule has 4 rings (SSSR count). The van der Waals surface area contributed by atoms with E-state index in [2.05, 4.69) is 15.8 Å². The number of thiazole rings is 1. The summed E-state index contributed by atoms with van der Waals surface area (Å²) >= 11 is 1.39. The Bertz CT molecular complexity index is 1110. The van der Waals surface area contributed by atoms with Crippen molar-refractivity contribution < 1.29 is 19.0 Å². The van der Waals surface area contributed by atoms with Gasteiger partial charge in [0.15, 0.2) is 11.5 Å². The van der Waals surface area contributed by atoms with Gasteiger partial charge in [0.05, 0.1) is 23.9 Å². The Balaban J connectivity index is 1.60. The molecule has 0 amide bonds. The van der Waals surface area contributed by atoms with Crippen LogP contribution >= 0.6 is 11.3 Å². The third-order valence-electron chi connectivity index (χ3n) is 4.17. The Morgan fingerprint density at radius 3 is 2.75 bits per heavy atom. The molecule has 0 N–H and O–H groups in total. The Labute approximate surface area is 165 Å². The summed E-state index contributed by atoms with van der Waals surface area (Å²) in [5.41, 5.74) is 3.36. The Hall–Kier alpha value is -3.63. The number of hydrogen-bond donors (Lipinski definition) is 0. The number of fused-ring (bicyclic) bond motifs is 1. The molecule has 0 unspecified atom stereocenters. The number of rotatable bonds is 4. The van der Waals surface area contributed by atoms with E-state index in [9.17, 15) is 10.1 Å². The highest BCUT2D eigenvalue weighted by Gasteiger charge is 2.16. The van der Waals surface area contributed by atoms with E-state index in [4.69, 9.17) is 9.47 Å². The van der Waals surface area contributed by atoms with Gasteiger partial charge in [0.25, 0.3) is 0 Å². The average molecular weight is 390 g/mol. The number of carbonyl (C=O) groups excluding carboxylic acids is 1. The van der Waals surface area contributed by atoms with E-state index in [1.165, 1.54) is 18.4 Å². The molecular weight excluding hydrogens is 376 g/mol. The quantitative estimate of drug-likeness (QED) is 0.485. The second-order valence-corrected chi connectivity index (χ2v) is 6.75. The first kappa shape index (κ1) is 17.8. The van der Waals surface area contributed by atoms with Crippen molar-refractivity contribution in [2.45, 2.75) is 0 Å². The second kappa shape index (κ2) is 7.55. The lowest BCUT2D eigenvalue weighted by Crippen LogP contribution is -2.00. The number of nitriles is 1. The zero-order chi connectivity index (χ0) is 19.5. The van der Waals surface area contributed by atoms with Gasteiger partial charge in [-0.3, -0.25) is 0 Å². The van der Waals surface area contributed by atoms with E-state index in [-0.39, 0.29) is 6.79 Å². The number of allylic oxidation sites excluding steroid dienone is 1. The summed E-state index contributed by atoms with van der Waals surface area (Å²) < 4.78 is 15.4. The summed E-state index contributed by atoms with van der Waals surface area (Å²) in [4.78, 5) is 16.1. The highest BCUT2D eigenvalue weighted by Crippen LogP contribution is 2.36. The maximum atomic E-state index is 11.5. The lowest BCUT2D eigenvalue weighted by molar-refractivity contribution is 0.0600. The standard InChI is InChI=1S/C21H14N2O4S/c1-25-21(24)14-4-2-13(3-5-14)8-16(10-22)20-23-17(11-28-20)15-6-7-18-19(9-15)27-12-26-18/h2-9,11H,12H2,1H3. The minimum absolute atomic E-state index is 0.219. The van der Waals surface area contributed by atoms with Gasteiger partial charge in [-0.1, -0.05) is 12.1 Å². The lowest BCUT2D eigenvalue weighted by atomic mass is 10.1. The molecule has 1 aliphatic rings. The van der Waals surface area contributed by atoms with Gasteiger partial charge in [-0.2, -0.15) is 5.26 Å². The van der Waals surface area contributed by atoms with Gasteiger partial charge >= 0.3 is 5.97 Å². The highest BCUT2D eigenvalue weighted by molar-refractivity contribution is 7.11. The van der Waals surface area contributed by atoms with Gasteiger partial charge in [-0.25, -0.2) is 9.78 Å². The normalized spacial score (nSPS) is 12.5. The molecule has 0 saturated heterocycles. The molecule has 1 aromatic heterocycles. The number of methoxy groups -OCH3 is 1. The smallest absolute Gasteiger partial charge is 0.337 e. The Morgan fingerprint density at radius 1 is 1.21 bits per heavy atom. The minimum atomic E-state index is -0.399. The number of nitrogens with zero attached hydrogens (tertiary/aromatic N) is 2. The molecule has 0 saturated carbocycles. The van der Waals surface area contributed by atoms with Crippen LogP contribution in [-0.4, -0.2) is 24.9 Å². The van der Waals surface area contributed by atoms with Crippen molar-refractivity contribution in [3.63, 3.8) is 0 Å². The number of hydrogen-bond acceptors (Lipinski definition) is 7. The third kappa shape index (κ3) is 3.46. The first-order valence-electron chi connectivity index (χ1n) is 8.34. The van der Waals surface area contributed by atoms with Crippen LogP contribution in [0.15, 0.2) is 47.8 Å². The van der Waals surface area contributed by atoms with Crippen molar-refractivity contribution in [1.82, 2.24) is 4.98 Å². The maximum Gasteiger partial charge on any atom is 0.337 e. The number of esters is 1. The first-order valence-corrected chi connectivity index (χ1v) is 9.22. The predicted octanol–water partition coefficient (Wildman–Crippen LogP) is 4.39. The van der Waals surface area contributed by atoms with Crippen LogP contribution in [0.3, 0.4) is 0 Å². The predicted molar refractivity (Wildman–Crippen MR) is 105 cm³/mol. The first-order chi connectivity index (χ1) is 13.7. The van der Waals surface area contributed by atoms with Gasteiger partial charge in [-0.05, 0) is 42.0 Å². The maximum absolute atomic E-state index is 11.5. The van der Waals surface area contributed by atoms with Crippen LogP contribution in [0.25, 0.3) is 22.9 Å². The second-order valence-electron chi connectivity index (χ2n) is 5.89. The van der Waals surface area contributed by atoms with Crippen LogP contribution in [0.2, 0.25) is 0 Å². The molecule has 6 nitrogen and oxygen atoms in total. The molecule has 0 radical (unpaired) electrons. The molecule has 0 atom stereocenters. The van der Waals surface area contributed by atoms with Crippen molar-refractivity contribution in [3.8, 4) is 28.8 Å². The summed E-state index contributed by atoms with van der Waals surface area (Å²) in [6.45, 7) is 0.219. The summed E-state index contributed by atoms with van der Waals surface area (Å²) in [5.74, 6) is 1.00. The molecule has 0 fully saturated rings. The molecule has 3 aromatic rings. The van der Waals surface area contributed by atoms with Gasteiger partial charge in [-0.15, -0.1) is 11.3 Å². The third-order valence-corrected chi connectivity index (χ3v) is 5.04. The molecular formula is C21H14N2O4S. The van der Waals surface area contributed by atoms with Crippen molar-refractivity contribution in [2.24, 2.45) is 0 Å². The summed E-state index contributed by atoms with van der Waals surface area (Å²) in [6.07, 6.45) is 1.74. The van der Waals surface area contributed by atoms with E-state index >= 15 is 0 Å². The van der Waals surface area contributed by atoms with E-state index < -0.39 is 5.97 Å². The van der Waals surface area contributed by atoms with Crippen LogP contribution in [0.4, 0.5) is 0 Å². The van der Waals surface area contributed by atoms with Crippen molar-refractivity contribution in [2.75, 3.05) is 13.9 Å². The van der Waals surface area contributed by atoms with E-state index in [1.54, 1.807) is 30.3 Å². The van der Waals surface area contributed by atoms with E-state index in [1.807, 2.05) is 23.6 Å².